The second kappa shape index (κ2) is 7.66. The number of nitrogens with one attached hydrogen (secondary N) is 1. The normalized spacial score (nSPS) is 17.4. The third kappa shape index (κ3) is 3.61. The second-order valence-electron chi connectivity index (χ2n) is 7.00. The molecule has 0 saturated heterocycles. The molecule has 1 amide bonds. The molecule has 1 aliphatic carbocycles. The lowest BCUT2D eigenvalue weighted by molar-refractivity contribution is -0.121. The van der Waals surface area contributed by atoms with Crippen molar-refractivity contribution in [2.45, 2.75) is 37.7 Å². The molecule has 148 valence electrons. The Morgan fingerprint density at radius 3 is 2.36 bits per heavy atom. The minimum atomic E-state index is -2.88. The minimum absolute atomic E-state index is 0.0513. The molecule has 1 fully saturated rings. The van der Waals surface area contributed by atoms with Gasteiger partial charge in [-0.1, -0.05) is 18.9 Å². The fourth-order valence-electron chi connectivity index (χ4n) is 3.94. The number of amides is 1. The maximum Gasteiger partial charge on any atom is 0.387 e. The van der Waals surface area contributed by atoms with Crippen LogP contribution in [0.1, 0.15) is 31.2 Å². The summed E-state index contributed by atoms with van der Waals surface area (Å²) >= 11 is 0. The fourth-order valence-corrected chi connectivity index (χ4v) is 3.94. The average molecular weight is 389 g/mol. The molecule has 1 saturated carbocycles. The average Bonchev–Trinajstić information content (AvgIpc) is 3.20. The zero-order valence-electron chi connectivity index (χ0n) is 15.3. The number of hydrogen-bond donors (Lipinski definition) is 1. The molecule has 0 unspecified atom stereocenters. The maximum atomic E-state index is 13.2. The summed E-state index contributed by atoms with van der Waals surface area (Å²) in [5, 5.41) is 2.93. The summed E-state index contributed by atoms with van der Waals surface area (Å²) in [4.78, 5) is 13.2. The topological polar surface area (TPSA) is 56.8 Å². The molecular weight excluding hydrogens is 368 g/mol. The number of benzene rings is 2. The van der Waals surface area contributed by atoms with Crippen molar-refractivity contribution in [3.8, 4) is 17.2 Å². The minimum Gasteiger partial charge on any atom is -0.486 e. The largest absolute Gasteiger partial charge is 0.486 e. The van der Waals surface area contributed by atoms with Gasteiger partial charge in [0.2, 0.25) is 5.91 Å². The van der Waals surface area contributed by atoms with Gasteiger partial charge >= 0.3 is 6.61 Å². The fraction of sp³-hybridized carbons (Fsp3) is 0.381. The first kappa shape index (κ1) is 18.5. The van der Waals surface area contributed by atoms with Gasteiger partial charge in [0.1, 0.15) is 19.0 Å². The number of carbonyl (C=O) groups excluding carboxylic acids is 1. The van der Waals surface area contributed by atoms with Crippen LogP contribution in [0.3, 0.4) is 0 Å². The van der Waals surface area contributed by atoms with Crippen molar-refractivity contribution in [1.29, 1.82) is 0 Å². The van der Waals surface area contributed by atoms with Crippen molar-refractivity contribution in [3.05, 3.63) is 48.0 Å². The number of alkyl halides is 2. The van der Waals surface area contributed by atoms with Gasteiger partial charge in [-0.3, -0.25) is 4.79 Å². The van der Waals surface area contributed by atoms with E-state index in [9.17, 15) is 13.6 Å². The Morgan fingerprint density at radius 1 is 1.00 bits per heavy atom. The molecule has 4 rings (SSSR count). The molecule has 0 spiro atoms. The van der Waals surface area contributed by atoms with Gasteiger partial charge in [-0.15, -0.1) is 0 Å². The van der Waals surface area contributed by atoms with E-state index in [1.807, 2.05) is 18.2 Å². The number of carbonyl (C=O) groups is 1. The van der Waals surface area contributed by atoms with E-state index in [1.54, 1.807) is 12.1 Å². The highest BCUT2D eigenvalue weighted by Crippen LogP contribution is 2.45. The first-order chi connectivity index (χ1) is 13.6. The van der Waals surface area contributed by atoms with Gasteiger partial charge in [0.05, 0.1) is 5.41 Å². The number of fused-ring (bicyclic) bond motifs is 1. The van der Waals surface area contributed by atoms with Crippen molar-refractivity contribution in [2.75, 3.05) is 18.5 Å². The van der Waals surface area contributed by atoms with Gasteiger partial charge in [-0.05, 0) is 54.8 Å². The molecule has 0 atom stereocenters. The molecular formula is C21H21F2NO4. The summed E-state index contributed by atoms with van der Waals surface area (Å²) in [6.07, 6.45) is 3.40. The Morgan fingerprint density at radius 2 is 1.68 bits per heavy atom. The summed E-state index contributed by atoms with van der Waals surface area (Å²) < 4.78 is 40.2. The van der Waals surface area contributed by atoms with Crippen molar-refractivity contribution in [2.24, 2.45) is 0 Å². The van der Waals surface area contributed by atoms with Gasteiger partial charge in [0.25, 0.3) is 0 Å². The summed E-state index contributed by atoms with van der Waals surface area (Å²) in [5.41, 5.74) is 0.799. The Balaban J connectivity index is 1.56. The van der Waals surface area contributed by atoms with Crippen molar-refractivity contribution in [3.63, 3.8) is 0 Å². The quantitative estimate of drug-likeness (QED) is 0.818. The molecule has 0 radical (unpaired) electrons. The van der Waals surface area contributed by atoms with Crippen molar-refractivity contribution >= 4 is 11.6 Å². The number of halogens is 2. The molecule has 1 N–H and O–H groups in total. The van der Waals surface area contributed by atoms with Crippen LogP contribution in [0.2, 0.25) is 0 Å². The molecule has 0 aromatic heterocycles. The predicted molar refractivity (Wildman–Crippen MR) is 99.3 cm³/mol. The van der Waals surface area contributed by atoms with Gasteiger partial charge in [0.15, 0.2) is 11.5 Å². The van der Waals surface area contributed by atoms with Crippen LogP contribution in [-0.2, 0) is 10.2 Å². The van der Waals surface area contributed by atoms with E-state index in [0.717, 1.165) is 31.2 Å². The van der Waals surface area contributed by atoms with Crippen LogP contribution in [0.25, 0.3) is 0 Å². The molecule has 2 aromatic rings. The molecule has 5 nitrogen and oxygen atoms in total. The Labute approximate surface area is 161 Å². The van der Waals surface area contributed by atoms with Crippen molar-refractivity contribution < 1.29 is 27.8 Å². The van der Waals surface area contributed by atoms with Crippen LogP contribution in [0.4, 0.5) is 14.5 Å². The van der Waals surface area contributed by atoms with E-state index in [1.165, 1.54) is 12.1 Å². The summed E-state index contributed by atoms with van der Waals surface area (Å²) in [7, 11) is 0. The molecule has 0 bridgehead atoms. The van der Waals surface area contributed by atoms with Gasteiger partial charge in [-0.2, -0.15) is 8.78 Å². The number of rotatable bonds is 5. The van der Waals surface area contributed by atoms with E-state index in [2.05, 4.69) is 10.1 Å². The smallest absolute Gasteiger partial charge is 0.387 e. The summed E-state index contributed by atoms with van der Waals surface area (Å²) in [6.45, 7) is -1.87. The molecule has 1 heterocycles. The van der Waals surface area contributed by atoms with Crippen LogP contribution < -0.4 is 19.5 Å². The lowest BCUT2D eigenvalue weighted by Crippen LogP contribution is -2.38. The lowest BCUT2D eigenvalue weighted by atomic mass is 9.77. The highest BCUT2D eigenvalue weighted by Gasteiger charge is 2.43. The zero-order valence-corrected chi connectivity index (χ0v) is 15.3. The Hall–Kier alpha value is -2.83. The summed E-state index contributed by atoms with van der Waals surface area (Å²) in [5.74, 6) is 1.30. The SMILES string of the molecule is O=C(Nc1ccc(OC(F)F)cc1)C1(c2ccc3c(c2)OCCO3)CCCC1. The number of hydrogen-bond acceptors (Lipinski definition) is 4. The highest BCUT2D eigenvalue weighted by atomic mass is 19.3. The molecule has 28 heavy (non-hydrogen) atoms. The van der Waals surface area contributed by atoms with Gasteiger partial charge in [-0.25, -0.2) is 0 Å². The maximum absolute atomic E-state index is 13.2. The van der Waals surface area contributed by atoms with Crippen LogP contribution in [0.5, 0.6) is 17.2 Å². The summed E-state index contributed by atoms with van der Waals surface area (Å²) in [6, 6.07) is 11.6. The Bertz CT molecular complexity index is 848. The van der Waals surface area contributed by atoms with Gasteiger partial charge in [0, 0.05) is 5.69 Å². The third-order valence-electron chi connectivity index (χ3n) is 5.32. The van der Waals surface area contributed by atoms with E-state index in [-0.39, 0.29) is 11.7 Å². The van der Waals surface area contributed by atoms with Crippen LogP contribution in [0, 0.1) is 0 Å². The molecule has 1 aliphatic heterocycles. The van der Waals surface area contributed by atoms with Crippen LogP contribution >= 0.6 is 0 Å². The van der Waals surface area contributed by atoms with E-state index in [4.69, 9.17) is 9.47 Å². The van der Waals surface area contributed by atoms with Gasteiger partial charge < -0.3 is 19.5 Å². The molecule has 2 aromatic carbocycles. The van der Waals surface area contributed by atoms with Crippen LogP contribution in [-0.4, -0.2) is 25.7 Å². The second-order valence-corrected chi connectivity index (χ2v) is 7.00. The van der Waals surface area contributed by atoms with Crippen molar-refractivity contribution in [1.82, 2.24) is 0 Å². The number of anilines is 1. The van der Waals surface area contributed by atoms with Crippen LogP contribution in [0.15, 0.2) is 42.5 Å². The third-order valence-corrected chi connectivity index (χ3v) is 5.32. The molecule has 2 aliphatic rings. The van der Waals surface area contributed by atoms with E-state index < -0.39 is 12.0 Å². The zero-order chi connectivity index (χ0) is 19.6. The molecule has 7 heteroatoms. The van der Waals surface area contributed by atoms with E-state index >= 15 is 0 Å². The monoisotopic (exact) mass is 389 g/mol. The number of ether oxygens (including phenoxy) is 3. The Kier molecular flexibility index (Phi) is 5.07. The standard InChI is InChI=1S/C21H21F2NO4/c22-20(23)28-16-6-4-15(5-7-16)24-19(25)21(9-1-2-10-21)14-3-8-17-18(13-14)27-12-11-26-17/h3-8,13,20H,1-2,9-12H2,(H,24,25). The predicted octanol–water partition coefficient (Wildman–Crippen LogP) is 4.51. The lowest BCUT2D eigenvalue weighted by Gasteiger charge is -2.30. The first-order valence-corrected chi connectivity index (χ1v) is 9.33. The highest BCUT2D eigenvalue weighted by molar-refractivity contribution is 5.99. The van der Waals surface area contributed by atoms with E-state index in [0.29, 0.717) is 30.4 Å². The first-order valence-electron chi connectivity index (χ1n) is 9.33.